The van der Waals surface area contributed by atoms with Crippen LogP contribution in [0.25, 0.3) is 6.08 Å². The Hall–Kier alpha value is -1.86. The van der Waals surface area contributed by atoms with Crippen molar-refractivity contribution in [2.24, 2.45) is 5.92 Å². The van der Waals surface area contributed by atoms with E-state index in [-0.39, 0.29) is 18.9 Å². The molecule has 1 unspecified atom stereocenters. The van der Waals surface area contributed by atoms with Crippen molar-refractivity contribution in [1.29, 1.82) is 0 Å². The van der Waals surface area contributed by atoms with Gasteiger partial charge >= 0.3 is 5.97 Å². The summed E-state index contributed by atoms with van der Waals surface area (Å²) in [4.78, 5) is 27.6. The van der Waals surface area contributed by atoms with Gasteiger partial charge in [0.05, 0.1) is 11.3 Å². The Morgan fingerprint density at radius 3 is 2.76 bits per heavy atom. The second-order valence-corrected chi connectivity index (χ2v) is 9.34. The van der Waals surface area contributed by atoms with Gasteiger partial charge in [-0.25, -0.2) is 0 Å². The van der Waals surface area contributed by atoms with E-state index in [0.717, 1.165) is 24.6 Å². The molecule has 7 heteroatoms. The number of benzene rings is 1. The minimum absolute atomic E-state index is 0.107. The van der Waals surface area contributed by atoms with Crippen LogP contribution in [0, 0.1) is 5.92 Å². The predicted molar refractivity (Wildman–Crippen MR) is 123 cm³/mol. The molecular weight excluding hydrogens is 404 g/mol. The van der Waals surface area contributed by atoms with E-state index < -0.39 is 5.97 Å². The molecule has 1 atom stereocenters. The number of carbonyl (C=O) groups is 2. The molecule has 2 aliphatic rings. The Kier molecular flexibility index (Phi) is 7.72. The van der Waals surface area contributed by atoms with Gasteiger partial charge in [0.2, 0.25) is 0 Å². The summed E-state index contributed by atoms with van der Waals surface area (Å²) in [6.45, 7) is 4.60. The highest BCUT2D eigenvalue weighted by atomic mass is 32.2. The van der Waals surface area contributed by atoms with Crippen molar-refractivity contribution in [3.8, 4) is 0 Å². The molecule has 29 heavy (non-hydrogen) atoms. The third kappa shape index (κ3) is 5.82. The van der Waals surface area contributed by atoms with Crippen LogP contribution in [0.4, 0.5) is 5.69 Å². The predicted octanol–water partition coefficient (Wildman–Crippen LogP) is 4.77. The van der Waals surface area contributed by atoms with Crippen LogP contribution in [0.3, 0.4) is 0 Å². The largest absolute Gasteiger partial charge is 0.481 e. The smallest absolute Gasteiger partial charge is 0.305 e. The first kappa shape index (κ1) is 21.8. The van der Waals surface area contributed by atoms with Gasteiger partial charge in [0, 0.05) is 25.3 Å². The van der Waals surface area contributed by atoms with Gasteiger partial charge < -0.3 is 10.0 Å². The van der Waals surface area contributed by atoms with Gasteiger partial charge in [0.1, 0.15) is 4.32 Å². The Labute approximate surface area is 182 Å². The van der Waals surface area contributed by atoms with Gasteiger partial charge in [0.15, 0.2) is 0 Å². The number of amides is 1. The van der Waals surface area contributed by atoms with Crippen LogP contribution in [0.1, 0.15) is 51.0 Å². The quantitative estimate of drug-likeness (QED) is 0.345. The minimum Gasteiger partial charge on any atom is -0.481 e. The van der Waals surface area contributed by atoms with Crippen LogP contribution in [0.15, 0.2) is 29.2 Å². The zero-order valence-electron chi connectivity index (χ0n) is 16.8. The Morgan fingerprint density at radius 2 is 2.07 bits per heavy atom. The fourth-order valence-electron chi connectivity index (χ4n) is 3.82. The van der Waals surface area contributed by atoms with Gasteiger partial charge in [0.25, 0.3) is 5.91 Å². The minimum atomic E-state index is -0.937. The molecule has 0 aromatic heterocycles. The molecule has 0 bridgehead atoms. The van der Waals surface area contributed by atoms with Gasteiger partial charge in [-0.1, -0.05) is 62.3 Å². The third-order valence-electron chi connectivity index (χ3n) is 5.48. The van der Waals surface area contributed by atoms with Crippen LogP contribution >= 0.6 is 24.0 Å². The van der Waals surface area contributed by atoms with E-state index in [1.165, 1.54) is 54.5 Å². The standard InChI is InChI=1S/C22H28N2O3S2/c1-2-3-4-5-17-10-12-23(15-17)18-8-6-16(7-9-18)14-19-21(27)24(22(28)29-19)13-11-20(25)26/h6-9,14,17H,2-5,10-13,15H2,1H3,(H,25,26)/b19-14-. The van der Waals surface area contributed by atoms with Crippen LogP contribution in [0.2, 0.25) is 0 Å². The van der Waals surface area contributed by atoms with Crippen LogP contribution < -0.4 is 4.90 Å². The molecule has 0 aliphatic carbocycles. The van der Waals surface area contributed by atoms with Crippen LogP contribution in [-0.4, -0.2) is 45.8 Å². The molecule has 2 saturated heterocycles. The summed E-state index contributed by atoms with van der Waals surface area (Å²) in [7, 11) is 0. The van der Waals surface area contributed by atoms with Crippen molar-refractivity contribution in [2.75, 3.05) is 24.5 Å². The Morgan fingerprint density at radius 1 is 1.31 bits per heavy atom. The number of carboxylic acids is 1. The molecule has 2 fully saturated rings. The number of anilines is 1. The van der Waals surface area contributed by atoms with E-state index >= 15 is 0 Å². The van der Waals surface area contributed by atoms with E-state index in [4.69, 9.17) is 17.3 Å². The van der Waals surface area contributed by atoms with Crippen molar-refractivity contribution in [1.82, 2.24) is 4.90 Å². The van der Waals surface area contributed by atoms with E-state index in [2.05, 4.69) is 24.0 Å². The van der Waals surface area contributed by atoms with Gasteiger partial charge in [-0.2, -0.15) is 0 Å². The number of carboxylic acid groups (broad SMARTS) is 1. The number of aliphatic carboxylic acids is 1. The zero-order valence-corrected chi connectivity index (χ0v) is 18.4. The molecule has 0 saturated carbocycles. The summed E-state index contributed by atoms with van der Waals surface area (Å²) in [5.74, 6) is -0.346. The number of unbranched alkanes of at least 4 members (excludes halogenated alkanes) is 2. The molecule has 3 rings (SSSR count). The van der Waals surface area contributed by atoms with E-state index in [9.17, 15) is 9.59 Å². The second-order valence-electron chi connectivity index (χ2n) is 7.67. The summed E-state index contributed by atoms with van der Waals surface area (Å²) in [5.41, 5.74) is 2.18. The first-order valence-corrected chi connectivity index (χ1v) is 11.5. The summed E-state index contributed by atoms with van der Waals surface area (Å²) >= 11 is 6.47. The monoisotopic (exact) mass is 432 g/mol. The van der Waals surface area contributed by atoms with Gasteiger partial charge in [-0.05, 0) is 42.5 Å². The van der Waals surface area contributed by atoms with Crippen molar-refractivity contribution in [2.45, 2.75) is 45.4 Å². The molecule has 0 radical (unpaired) electrons. The summed E-state index contributed by atoms with van der Waals surface area (Å²) < 4.78 is 0.422. The average molecular weight is 433 g/mol. The summed E-state index contributed by atoms with van der Waals surface area (Å²) in [5, 5.41) is 8.83. The number of nitrogens with zero attached hydrogens (tertiary/aromatic N) is 2. The molecule has 1 N–H and O–H groups in total. The lowest BCUT2D eigenvalue weighted by Gasteiger charge is -2.19. The normalized spacial score (nSPS) is 20.9. The van der Waals surface area contributed by atoms with E-state index in [1.807, 2.05) is 18.2 Å². The van der Waals surface area contributed by atoms with Gasteiger partial charge in [-0.3, -0.25) is 14.5 Å². The number of rotatable bonds is 9. The first-order valence-electron chi connectivity index (χ1n) is 10.3. The zero-order chi connectivity index (χ0) is 20.8. The topological polar surface area (TPSA) is 60.9 Å². The molecular formula is C22H28N2O3S2. The van der Waals surface area contributed by atoms with Crippen molar-refractivity contribution in [3.63, 3.8) is 0 Å². The number of hydrogen-bond donors (Lipinski definition) is 1. The highest BCUT2D eigenvalue weighted by Gasteiger charge is 2.32. The molecule has 5 nitrogen and oxygen atoms in total. The summed E-state index contributed by atoms with van der Waals surface area (Å²) in [6, 6.07) is 8.30. The SMILES string of the molecule is CCCCCC1CCN(c2ccc(/C=C3\SC(=S)N(CCC(=O)O)C3=O)cc2)C1. The van der Waals surface area contributed by atoms with Crippen molar-refractivity contribution < 1.29 is 14.7 Å². The second kappa shape index (κ2) is 10.3. The Bertz CT molecular complexity index is 792. The Balaban J connectivity index is 1.59. The lowest BCUT2D eigenvalue weighted by Crippen LogP contribution is -2.30. The maximum absolute atomic E-state index is 12.5. The molecule has 0 spiro atoms. The van der Waals surface area contributed by atoms with Crippen molar-refractivity contribution >= 4 is 51.9 Å². The number of hydrogen-bond acceptors (Lipinski definition) is 5. The fraction of sp³-hybridized carbons (Fsp3) is 0.500. The highest BCUT2D eigenvalue weighted by molar-refractivity contribution is 8.26. The third-order valence-corrected chi connectivity index (χ3v) is 6.86. The molecule has 2 aliphatic heterocycles. The maximum Gasteiger partial charge on any atom is 0.305 e. The lowest BCUT2D eigenvalue weighted by atomic mass is 10.0. The maximum atomic E-state index is 12.5. The average Bonchev–Trinajstić information content (AvgIpc) is 3.26. The lowest BCUT2D eigenvalue weighted by molar-refractivity contribution is -0.137. The van der Waals surface area contributed by atoms with Crippen LogP contribution in [0.5, 0.6) is 0 Å². The number of carbonyl (C=O) groups excluding carboxylic acids is 1. The molecule has 1 aromatic rings. The summed E-state index contributed by atoms with van der Waals surface area (Å²) in [6.07, 6.45) is 8.25. The van der Waals surface area contributed by atoms with Gasteiger partial charge in [-0.15, -0.1) is 0 Å². The molecule has 1 amide bonds. The van der Waals surface area contributed by atoms with E-state index in [0.29, 0.717) is 9.23 Å². The van der Waals surface area contributed by atoms with E-state index in [1.54, 1.807) is 0 Å². The first-order chi connectivity index (χ1) is 14.0. The fourth-order valence-corrected chi connectivity index (χ4v) is 5.13. The van der Waals surface area contributed by atoms with Crippen molar-refractivity contribution in [3.05, 3.63) is 34.7 Å². The molecule has 2 heterocycles. The molecule has 1 aromatic carbocycles. The number of thiocarbonyl (C=S) groups is 1. The highest BCUT2D eigenvalue weighted by Crippen LogP contribution is 2.33. The van der Waals surface area contributed by atoms with Crippen LogP contribution in [-0.2, 0) is 9.59 Å². The number of thioether (sulfide) groups is 1. The molecule has 156 valence electrons.